The highest BCUT2D eigenvalue weighted by Crippen LogP contribution is 2.33. The lowest BCUT2D eigenvalue weighted by molar-refractivity contribution is -0.122. The summed E-state index contributed by atoms with van der Waals surface area (Å²) in [4.78, 5) is 30.2. The summed E-state index contributed by atoms with van der Waals surface area (Å²) < 4.78 is 1.81. The number of rotatable bonds is 3. The van der Waals surface area contributed by atoms with Crippen LogP contribution in [0.5, 0.6) is 0 Å². The number of aromatic nitrogens is 2. The van der Waals surface area contributed by atoms with Gasteiger partial charge in [-0.3, -0.25) is 14.2 Å². The molecular weight excluding hydrogens is 334 g/mol. The van der Waals surface area contributed by atoms with Crippen molar-refractivity contribution in [2.24, 2.45) is 0 Å². The molecular formula is C19H27N3O2S. The molecule has 2 heterocycles. The molecule has 1 unspecified atom stereocenters. The highest BCUT2D eigenvalue weighted by molar-refractivity contribution is 7.99. The summed E-state index contributed by atoms with van der Waals surface area (Å²) >= 11 is 1.63. The Morgan fingerprint density at radius 3 is 2.68 bits per heavy atom. The average Bonchev–Trinajstić information content (AvgIpc) is 2.83. The van der Waals surface area contributed by atoms with Gasteiger partial charge in [0, 0.05) is 23.8 Å². The van der Waals surface area contributed by atoms with Crippen LogP contribution >= 0.6 is 11.8 Å². The molecule has 4 rings (SSSR count). The first-order valence-corrected chi connectivity index (χ1v) is 10.8. The van der Waals surface area contributed by atoms with Gasteiger partial charge in [-0.05, 0) is 38.5 Å². The van der Waals surface area contributed by atoms with Crippen LogP contribution in [0.25, 0.3) is 0 Å². The highest BCUT2D eigenvalue weighted by atomic mass is 32.2. The Morgan fingerprint density at radius 1 is 1.12 bits per heavy atom. The van der Waals surface area contributed by atoms with E-state index in [0.717, 1.165) is 60.7 Å². The van der Waals surface area contributed by atoms with Crippen LogP contribution in [0.3, 0.4) is 0 Å². The number of hydrogen-bond donors (Lipinski definition) is 1. The molecule has 1 fully saturated rings. The van der Waals surface area contributed by atoms with E-state index < -0.39 is 0 Å². The largest absolute Gasteiger partial charge is 0.353 e. The van der Waals surface area contributed by atoms with Crippen LogP contribution in [0.4, 0.5) is 0 Å². The monoisotopic (exact) mass is 361 g/mol. The maximum atomic E-state index is 12.9. The van der Waals surface area contributed by atoms with Crippen molar-refractivity contribution in [3.05, 3.63) is 21.6 Å². The van der Waals surface area contributed by atoms with Crippen molar-refractivity contribution in [3.8, 4) is 0 Å². The summed E-state index contributed by atoms with van der Waals surface area (Å²) in [5, 5.41) is 4.03. The molecule has 1 N–H and O–H groups in total. The second-order valence-corrected chi connectivity index (χ2v) is 8.61. The van der Waals surface area contributed by atoms with Gasteiger partial charge < -0.3 is 5.32 Å². The number of carbonyl (C=O) groups excluding carboxylic acids is 1. The molecule has 1 saturated carbocycles. The molecule has 136 valence electrons. The summed E-state index contributed by atoms with van der Waals surface area (Å²) in [6.07, 6.45) is 11.5. The summed E-state index contributed by atoms with van der Waals surface area (Å²) in [6.45, 7) is 0. The lowest BCUT2D eigenvalue weighted by Gasteiger charge is -2.20. The van der Waals surface area contributed by atoms with E-state index in [1.807, 2.05) is 4.57 Å². The smallest absolute Gasteiger partial charge is 0.257 e. The van der Waals surface area contributed by atoms with Crippen molar-refractivity contribution in [1.29, 1.82) is 0 Å². The Morgan fingerprint density at radius 2 is 1.88 bits per heavy atom. The molecule has 1 aromatic heterocycles. The molecule has 0 bridgehead atoms. The first-order chi connectivity index (χ1) is 12.2. The fourth-order valence-corrected chi connectivity index (χ4v) is 5.54. The Kier molecular flexibility index (Phi) is 5.15. The van der Waals surface area contributed by atoms with E-state index in [-0.39, 0.29) is 17.5 Å². The minimum absolute atomic E-state index is 0.0435. The van der Waals surface area contributed by atoms with Crippen molar-refractivity contribution in [3.63, 3.8) is 0 Å². The molecule has 5 nitrogen and oxygen atoms in total. The molecule has 1 aromatic rings. The van der Waals surface area contributed by atoms with Gasteiger partial charge in [-0.25, -0.2) is 4.98 Å². The molecule has 6 heteroatoms. The lowest BCUT2D eigenvalue weighted by atomic mass is 9.97. The van der Waals surface area contributed by atoms with Gasteiger partial charge in [0.1, 0.15) is 0 Å². The van der Waals surface area contributed by atoms with E-state index >= 15 is 0 Å². The Labute approximate surface area is 153 Å². The molecule has 1 atom stereocenters. The second-order valence-electron chi connectivity index (χ2n) is 7.63. The van der Waals surface area contributed by atoms with Crippen LogP contribution in [0, 0.1) is 0 Å². The number of nitrogens with zero attached hydrogens (tertiary/aromatic N) is 2. The van der Waals surface area contributed by atoms with Gasteiger partial charge in [-0.1, -0.05) is 37.4 Å². The number of amides is 1. The zero-order valence-electron chi connectivity index (χ0n) is 14.8. The minimum atomic E-state index is -0.0435. The number of hydrogen-bond acceptors (Lipinski definition) is 4. The van der Waals surface area contributed by atoms with E-state index in [1.165, 1.54) is 25.7 Å². The van der Waals surface area contributed by atoms with Crippen LogP contribution < -0.4 is 10.9 Å². The summed E-state index contributed by atoms with van der Waals surface area (Å²) in [7, 11) is 0. The van der Waals surface area contributed by atoms with Crippen molar-refractivity contribution in [1.82, 2.24) is 14.9 Å². The second kappa shape index (κ2) is 7.52. The van der Waals surface area contributed by atoms with E-state index in [2.05, 4.69) is 5.32 Å². The first-order valence-electron chi connectivity index (χ1n) is 9.79. The average molecular weight is 362 g/mol. The van der Waals surface area contributed by atoms with Gasteiger partial charge in [0.05, 0.1) is 11.7 Å². The van der Waals surface area contributed by atoms with Gasteiger partial charge in [0.25, 0.3) is 5.56 Å². The third-order valence-corrected chi connectivity index (χ3v) is 6.86. The van der Waals surface area contributed by atoms with E-state index in [9.17, 15) is 9.59 Å². The van der Waals surface area contributed by atoms with Crippen LogP contribution in [-0.2, 0) is 17.6 Å². The molecule has 25 heavy (non-hydrogen) atoms. The number of aryl methyl sites for hydroxylation is 1. The third-order valence-electron chi connectivity index (χ3n) is 5.76. The van der Waals surface area contributed by atoms with Gasteiger partial charge in [-0.15, -0.1) is 0 Å². The number of fused-ring (bicyclic) bond motifs is 2. The zero-order valence-corrected chi connectivity index (χ0v) is 15.6. The lowest BCUT2D eigenvalue weighted by Crippen LogP contribution is -2.37. The van der Waals surface area contributed by atoms with Crippen LogP contribution in [0.15, 0.2) is 9.95 Å². The number of carbonyl (C=O) groups is 1. The van der Waals surface area contributed by atoms with E-state index in [4.69, 9.17) is 4.98 Å². The van der Waals surface area contributed by atoms with Crippen LogP contribution in [0.1, 0.15) is 75.1 Å². The normalized spacial score (nSPS) is 23.6. The Bertz CT molecular complexity index is 707. The predicted molar refractivity (Wildman–Crippen MR) is 99.1 cm³/mol. The number of nitrogens with one attached hydrogen (secondary N) is 1. The summed E-state index contributed by atoms with van der Waals surface area (Å²) in [6, 6.07) is 0.278. The fraction of sp³-hybridized carbons (Fsp3) is 0.737. The number of thioether (sulfide) groups is 1. The molecule has 0 spiro atoms. The van der Waals surface area contributed by atoms with Gasteiger partial charge in [0.15, 0.2) is 5.16 Å². The molecule has 0 saturated heterocycles. The predicted octanol–water partition coefficient (Wildman–Crippen LogP) is 3.00. The topological polar surface area (TPSA) is 64.0 Å². The fourth-order valence-electron chi connectivity index (χ4n) is 4.39. The van der Waals surface area contributed by atoms with Crippen LogP contribution in [-0.4, -0.2) is 27.3 Å². The quantitative estimate of drug-likeness (QED) is 0.664. The summed E-state index contributed by atoms with van der Waals surface area (Å²) in [5.41, 5.74) is 2.00. The molecule has 1 aliphatic heterocycles. The highest BCUT2D eigenvalue weighted by Gasteiger charge is 2.31. The Balaban J connectivity index is 1.47. The van der Waals surface area contributed by atoms with E-state index in [0.29, 0.717) is 12.5 Å². The molecule has 3 aliphatic rings. The van der Waals surface area contributed by atoms with Crippen LogP contribution in [0.2, 0.25) is 0 Å². The standard InChI is InChI=1S/C19H27N3O2S/c23-17(20-13-7-3-1-2-4-8-13)11-14-12-25-19-21-16-10-6-5-9-15(16)18(24)22(14)19/h13-14H,1-12H2,(H,20,23). The van der Waals surface area contributed by atoms with Gasteiger partial charge in [-0.2, -0.15) is 0 Å². The maximum Gasteiger partial charge on any atom is 0.257 e. The molecule has 0 aromatic carbocycles. The van der Waals surface area contributed by atoms with Gasteiger partial charge in [0.2, 0.25) is 5.91 Å². The minimum Gasteiger partial charge on any atom is -0.353 e. The third kappa shape index (κ3) is 3.64. The van der Waals surface area contributed by atoms with Crippen molar-refractivity contribution in [2.45, 2.75) is 87.9 Å². The maximum absolute atomic E-state index is 12.9. The van der Waals surface area contributed by atoms with Gasteiger partial charge >= 0.3 is 0 Å². The molecule has 0 radical (unpaired) electrons. The summed E-state index contributed by atoms with van der Waals surface area (Å²) in [5.74, 6) is 0.874. The molecule has 1 amide bonds. The molecule has 2 aliphatic carbocycles. The SMILES string of the molecule is O=C(CC1CSc2nc3c(c(=O)n21)CCCC3)NC1CCCCCC1. The first kappa shape index (κ1) is 17.1. The van der Waals surface area contributed by atoms with Crippen molar-refractivity contribution < 1.29 is 4.79 Å². The Hall–Kier alpha value is -1.30. The van der Waals surface area contributed by atoms with Crippen molar-refractivity contribution in [2.75, 3.05) is 5.75 Å². The van der Waals surface area contributed by atoms with E-state index in [1.54, 1.807) is 11.8 Å². The zero-order chi connectivity index (χ0) is 17.2. The van der Waals surface area contributed by atoms with Crippen molar-refractivity contribution >= 4 is 17.7 Å².